The highest BCUT2D eigenvalue weighted by atomic mass is 16.2. The topological polar surface area (TPSA) is 25.2 Å². The second-order valence-electron chi connectivity index (χ2n) is 4.36. The molecule has 1 N–H and O–H groups in total. The first kappa shape index (κ1) is 11.2. The molecule has 16 heavy (non-hydrogen) atoms. The molecule has 0 amide bonds. The van der Waals surface area contributed by atoms with E-state index in [9.17, 15) is 0 Å². The first-order chi connectivity index (χ1) is 7.81. The Morgan fingerprint density at radius 3 is 2.81 bits per heavy atom. The van der Waals surface area contributed by atoms with Crippen LogP contribution in [0.5, 0.6) is 0 Å². The number of aryl methyl sites for hydroxylation is 2. The van der Waals surface area contributed by atoms with E-state index in [1.54, 1.807) is 0 Å². The second-order valence-corrected chi connectivity index (χ2v) is 4.36. The van der Waals surface area contributed by atoms with Crippen molar-refractivity contribution in [3.05, 3.63) is 36.0 Å². The molecule has 0 bridgehead atoms. The van der Waals surface area contributed by atoms with Crippen molar-refractivity contribution in [1.82, 2.24) is 4.57 Å². The largest absolute Gasteiger partial charge is 0.396 e. The van der Waals surface area contributed by atoms with E-state index in [1.807, 2.05) is 0 Å². The van der Waals surface area contributed by atoms with Gasteiger partial charge in [-0.1, -0.05) is 11.6 Å². The molecule has 2 rings (SSSR count). The average molecular weight is 217 g/mol. The van der Waals surface area contributed by atoms with Crippen LogP contribution in [-0.2, 0) is 6.54 Å². The lowest BCUT2D eigenvalue weighted by Gasteiger charge is -2.05. The van der Waals surface area contributed by atoms with Crippen LogP contribution in [0.15, 0.2) is 30.5 Å². The first-order valence-corrected chi connectivity index (χ1v) is 5.97. The monoisotopic (exact) mass is 217 g/mol. The normalized spacial score (nSPS) is 11.1. The molecular weight excluding hydrogens is 198 g/mol. The van der Waals surface area contributed by atoms with Gasteiger partial charge in [0.15, 0.2) is 0 Å². The summed E-state index contributed by atoms with van der Waals surface area (Å²) in [5.74, 6) is 0. The predicted molar refractivity (Wildman–Crippen MR) is 67.6 cm³/mol. The summed E-state index contributed by atoms with van der Waals surface area (Å²) < 4.78 is 2.30. The highest BCUT2D eigenvalue weighted by Gasteiger charge is 2.00. The smallest absolute Gasteiger partial charge is 0.0480 e. The zero-order valence-corrected chi connectivity index (χ0v) is 9.82. The number of aromatic nitrogens is 1. The van der Waals surface area contributed by atoms with Gasteiger partial charge < -0.3 is 9.67 Å². The highest BCUT2D eigenvalue weighted by Crippen LogP contribution is 2.18. The van der Waals surface area contributed by atoms with Gasteiger partial charge in [-0.3, -0.25) is 0 Å². The highest BCUT2D eigenvalue weighted by molar-refractivity contribution is 5.80. The number of hydrogen-bond donors (Lipinski definition) is 1. The molecule has 2 aromatic rings. The van der Waals surface area contributed by atoms with Crippen LogP contribution in [0.1, 0.15) is 24.8 Å². The third kappa shape index (κ3) is 2.45. The fourth-order valence-electron chi connectivity index (χ4n) is 2.09. The summed E-state index contributed by atoms with van der Waals surface area (Å²) >= 11 is 0. The minimum atomic E-state index is 0.311. The molecule has 2 nitrogen and oxygen atoms in total. The molecule has 2 heteroatoms. The Balaban J connectivity index is 2.07. The maximum absolute atomic E-state index is 8.72. The maximum atomic E-state index is 8.72. The Kier molecular flexibility index (Phi) is 3.62. The summed E-state index contributed by atoms with van der Waals surface area (Å²) in [6.07, 6.45) is 5.31. The Morgan fingerprint density at radius 1 is 1.12 bits per heavy atom. The van der Waals surface area contributed by atoms with E-state index in [1.165, 1.54) is 16.5 Å². The molecule has 86 valence electrons. The number of rotatable bonds is 5. The number of fused-ring (bicyclic) bond motifs is 1. The third-order valence-electron chi connectivity index (χ3n) is 2.98. The molecule has 0 aliphatic heterocycles. The summed E-state index contributed by atoms with van der Waals surface area (Å²) in [4.78, 5) is 0. The molecule has 1 heterocycles. The van der Waals surface area contributed by atoms with Gasteiger partial charge in [0.1, 0.15) is 0 Å². The number of benzene rings is 1. The van der Waals surface area contributed by atoms with Crippen molar-refractivity contribution in [2.75, 3.05) is 6.61 Å². The SMILES string of the molecule is Cc1ccc2c(ccn2CCCCCO)c1. The number of hydrogen-bond acceptors (Lipinski definition) is 1. The number of nitrogens with zero attached hydrogens (tertiary/aromatic N) is 1. The summed E-state index contributed by atoms with van der Waals surface area (Å²) in [5.41, 5.74) is 2.63. The molecule has 1 aromatic heterocycles. The molecule has 0 atom stereocenters. The molecule has 1 aromatic carbocycles. The summed E-state index contributed by atoms with van der Waals surface area (Å²) in [6, 6.07) is 8.75. The Bertz CT molecular complexity index is 459. The number of unbranched alkanes of at least 4 members (excludes halogenated alkanes) is 2. The number of aliphatic hydroxyl groups is 1. The van der Waals surface area contributed by atoms with Gasteiger partial charge in [0.25, 0.3) is 0 Å². The molecule has 0 fully saturated rings. The van der Waals surface area contributed by atoms with Gasteiger partial charge in [-0.05, 0) is 49.8 Å². The third-order valence-corrected chi connectivity index (χ3v) is 2.98. The maximum Gasteiger partial charge on any atom is 0.0480 e. The molecule has 0 saturated heterocycles. The van der Waals surface area contributed by atoms with Gasteiger partial charge in [-0.2, -0.15) is 0 Å². The van der Waals surface area contributed by atoms with Gasteiger partial charge >= 0.3 is 0 Å². The summed E-state index contributed by atoms with van der Waals surface area (Å²) in [7, 11) is 0. The Hall–Kier alpha value is -1.28. The molecule has 0 radical (unpaired) electrons. The van der Waals surface area contributed by atoms with Crippen LogP contribution in [0.25, 0.3) is 10.9 Å². The van der Waals surface area contributed by atoms with Crippen molar-refractivity contribution in [2.24, 2.45) is 0 Å². The molecular formula is C14H19NO. The van der Waals surface area contributed by atoms with E-state index in [2.05, 4.69) is 42.0 Å². The van der Waals surface area contributed by atoms with Crippen LogP contribution in [0, 0.1) is 6.92 Å². The lowest BCUT2D eigenvalue weighted by atomic mass is 10.2. The van der Waals surface area contributed by atoms with Gasteiger partial charge in [0.05, 0.1) is 0 Å². The standard InChI is InChI=1S/C14H19NO/c1-12-5-6-14-13(11-12)7-9-15(14)8-3-2-4-10-16/h5-7,9,11,16H,2-4,8,10H2,1H3. The van der Waals surface area contributed by atoms with Gasteiger partial charge in [-0.25, -0.2) is 0 Å². The van der Waals surface area contributed by atoms with E-state index in [0.29, 0.717) is 6.61 Å². The quantitative estimate of drug-likeness (QED) is 0.765. The summed E-state index contributed by atoms with van der Waals surface area (Å²) in [6.45, 7) is 3.48. The van der Waals surface area contributed by atoms with Crippen molar-refractivity contribution >= 4 is 10.9 Å². The molecule has 0 spiro atoms. The Morgan fingerprint density at radius 2 is 2.00 bits per heavy atom. The van der Waals surface area contributed by atoms with E-state index in [-0.39, 0.29) is 0 Å². The van der Waals surface area contributed by atoms with E-state index >= 15 is 0 Å². The lowest BCUT2D eigenvalue weighted by molar-refractivity contribution is 0.282. The van der Waals surface area contributed by atoms with Crippen LogP contribution >= 0.6 is 0 Å². The molecule has 0 aliphatic rings. The second kappa shape index (κ2) is 5.17. The molecule has 0 unspecified atom stereocenters. The van der Waals surface area contributed by atoms with Crippen LogP contribution in [-0.4, -0.2) is 16.3 Å². The van der Waals surface area contributed by atoms with E-state index in [0.717, 1.165) is 25.8 Å². The van der Waals surface area contributed by atoms with Gasteiger partial charge in [-0.15, -0.1) is 0 Å². The zero-order chi connectivity index (χ0) is 11.4. The minimum Gasteiger partial charge on any atom is -0.396 e. The van der Waals surface area contributed by atoms with Crippen LogP contribution in [0.2, 0.25) is 0 Å². The van der Waals surface area contributed by atoms with Crippen molar-refractivity contribution in [3.8, 4) is 0 Å². The van der Waals surface area contributed by atoms with Crippen LogP contribution in [0.4, 0.5) is 0 Å². The summed E-state index contributed by atoms with van der Waals surface area (Å²) in [5, 5.41) is 10.0. The number of aliphatic hydroxyl groups excluding tert-OH is 1. The lowest BCUT2D eigenvalue weighted by Crippen LogP contribution is -1.96. The van der Waals surface area contributed by atoms with Crippen molar-refractivity contribution in [1.29, 1.82) is 0 Å². The van der Waals surface area contributed by atoms with Gasteiger partial charge in [0, 0.05) is 24.9 Å². The molecule has 0 aliphatic carbocycles. The zero-order valence-electron chi connectivity index (χ0n) is 9.82. The fourth-order valence-corrected chi connectivity index (χ4v) is 2.09. The van der Waals surface area contributed by atoms with Crippen LogP contribution in [0.3, 0.4) is 0 Å². The Labute approximate surface area is 96.5 Å². The van der Waals surface area contributed by atoms with Crippen molar-refractivity contribution in [2.45, 2.75) is 32.7 Å². The minimum absolute atomic E-state index is 0.311. The molecule has 0 saturated carbocycles. The average Bonchev–Trinajstić information content (AvgIpc) is 2.67. The van der Waals surface area contributed by atoms with Crippen molar-refractivity contribution < 1.29 is 5.11 Å². The first-order valence-electron chi connectivity index (χ1n) is 5.97. The van der Waals surface area contributed by atoms with E-state index in [4.69, 9.17) is 5.11 Å². The van der Waals surface area contributed by atoms with Crippen molar-refractivity contribution in [3.63, 3.8) is 0 Å². The fraction of sp³-hybridized carbons (Fsp3) is 0.429. The van der Waals surface area contributed by atoms with E-state index < -0.39 is 0 Å². The van der Waals surface area contributed by atoms with Gasteiger partial charge in [0.2, 0.25) is 0 Å². The van der Waals surface area contributed by atoms with Crippen LogP contribution < -0.4 is 0 Å². The predicted octanol–water partition coefficient (Wildman–Crippen LogP) is 3.11.